The largest absolute Gasteiger partial charge is 0.228 e. The predicted octanol–water partition coefficient (Wildman–Crippen LogP) is 8.62. The lowest BCUT2D eigenvalue weighted by Gasteiger charge is -2.11. The number of hydrogen-bond donors (Lipinski definition) is 0. The number of rotatable bonds is 3. The van der Waals surface area contributed by atoms with Gasteiger partial charge in [-0.25, -0.2) is 9.97 Å². The van der Waals surface area contributed by atoms with E-state index in [1.165, 1.54) is 44.5 Å². The molecule has 2 nitrogen and oxygen atoms in total. The number of hydrogen-bond acceptors (Lipinski definition) is 2. The number of nitrogens with zero attached hydrogens (tertiary/aromatic N) is 2. The second-order valence-electron chi connectivity index (χ2n) is 10.2. The molecule has 0 atom stereocenters. The van der Waals surface area contributed by atoms with E-state index < -0.39 is 0 Å². The van der Waals surface area contributed by atoms with E-state index in [0.717, 1.165) is 46.7 Å². The van der Waals surface area contributed by atoms with Crippen molar-refractivity contribution in [1.29, 1.82) is 0 Å². The van der Waals surface area contributed by atoms with E-state index in [4.69, 9.17) is 9.97 Å². The molecule has 0 N–H and O–H groups in total. The highest BCUT2D eigenvalue weighted by molar-refractivity contribution is 5.82. The van der Waals surface area contributed by atoms with Crippen molar-refractivity contribution in [3.05, 3.63) is 144 Å². The van der Waals surface area contributed by atoms with Crippen molar-refractivity contribution in [1.82, 2.24) is 9.97 Å². The fourth-order valence-corrected chi connectivity index (χ4v) is 6.07. The molecule has 38 heavy (non-hydrogen) atoms. The molecule has 1 heterocycles. The van der Waals surface area contributed by atoms with Gasteiger partial charge in [0.05, 0.1) is 11.4 Å². The van der Waals surface area contributed by atoms with Crippen LogP contribution in [0.3, 0.4) is 0 Å². The van der Waals surface area contributed by atoms with Gasteiger partial charge < -0.3 is 0 Å². The molecular formula is C36H24N2. The monoisotopic (exact) mass is 484 g/mol. The zero-order chi connectivity index (χ0) is 25.1. The van der Waals surface area contributed by atoms with E-state index >= 15 is 0 Å². The predicted molar refractivity (Wildman–Crippen MR) is 155 cm³/mol. The second kappa shape index (κ2) is 8.36. The minimum absolute atomic E-state index is 0.767. The lowest BCUT2D eigenvalue weighted by molar-refractivity contribution is 1.17. The molecule has 0 bridgehead atoms. The molecule has 0 aliphatic heterocycles. The molecule has 2 aliphatic carbocycles. The number of aromatic nitrogens is 2. The molecular weight excluding hydrogens is 460 g/mol. The van der Waals surface area contributed by atoms with Crippen LogP contribution < -0.4 is 0 Å². The van der Waals surface area contributed by atoms with Gasteiger partial charge in [0.2, 0.25) is 0 Å². The third-order valence-corrected chi connectivity index (χ3v) is 7.94. The zero-order valence-corrected chi connectivity index (χ0v) is 20.9. The maximum atomic E-state index is 5.14. The van der Waals surface area contributed by atoms with Crippen LogP contribution in [0.2, 0.25) is 0 Å². The molecule has 2 heteroatoms. The van der Waals surface area contributed by atoms with Gasteiger partial charge in [-0.3, -0.25) is 0 Å². The summed E-state index contributed by atoms with van der Waals surface area (Å²) in [5.74, 6) is 0.767. The molecule has 6 aromatic rings. The SMILES string of the molecule is c1ccc(-c2cc(-c3ccc4c(c3)Cc3ccccc3-4)nc(-c3ccc4c(c3)Cc3ccccc3-4)n2)cc1. The molecule has 0 saturated carbocycles. The van der Waals surface area contributed by atoms with Crippen molar-refractivity contribution >= 4 is 0 Å². The quantitative estimate of drug-likeness (QED) is 0.251. The first kappa shape index (κ1) is 21.3. The maximum absolute atomic E-state index is 5.14. The highest BCUT2D eigenvalue weighted by Crippen LogP contribution is 2.40. The van der Waals surface area contributed by atoms with Gasteiger partial charge in [0.25, 0.3) is 0 Å². The molecule has 1 aromatic heterocycles. The second-order valence-corrected chi connectivity index (χ2v) is 10.2. The van der Waals surface area contributed by atoms with Crippen LogP contribution in [0, 0.1) is 0 Å². The summed E-state index contributed by atoms with van der Waals surface area (Å²) in [6.45, 7) is 0. The van der Waals surface area contributed by atoms with Crippen molar-refractivity contribution < 1.29 is 0 Å². The van der Waals surface area contributed by atoms with E-state index in [9.17, 15) is 0 Å². The number of benzene rings is 5. The van der Waals surface area contributed by atoms with Crippen LogP contribution >= 0.6 is 0 Å². The van der Waals surface area contributed by atoms with Gasteiger partial charge >= 0.3 is 0 Å². The highest BCUT2D eigenvalue weighted by atomic mass is 14.9. The molecule has 0 unspecified atom stereocenters. The average molecular weight is 485 g/mol. The topological polar surface area (TPSA) is 25.8 Å². The fraction of sp³-hybridized carbons (Fsp3) is 0.0556. The summed E-state index contributed by atoms with van der Waals surface area (Å²) < 4.78 is 0. The van der Waals surface area contributed by atoms with Crippen molar-refractivity contribution in [2.45, 2.75) is 12.8 Å². The Morgan fingerprint density at radius 2 is 0.868 bits per heavy atom. The van der Waals surface area contributed by atoms with Gasteiger partial charge in [-0.05, 0) is 75.5 Å². The highest BCUT2D eigenvalue weighted by Gasteiger charge is 2.21. The molecule has 178 valence electrons. The van der Waals surface area contributed by atoms with Crippen LogP contribution in [0.25, 0.3) is 56.2 Å². The third-order valence-electron chi connectivity index (χ3n) is 7.94. The minimum Gasteiger partial charge on any atom is -0.228 e. The Hall–Kier alpha value is -4.82. The van der Waals surface area contributed by atoms with E-state index in [-0.39, 0.29) is 0 Å². The van der Waals surface area contributed by atoms with E-state index in [2.05, 4.69) is 115 Å². The normalized spacial score (nSPS) is 12.5. The number of fused-ring (bicyclic) bond motifs is 6. The average Bonchev–Trinajstić information content (AvgIpc) is 3.54. The lowest BCUT2D eigenvalue weighted by Crippen LogP contribution is -1.97. The van der Waals surface area contributed by atoms with Crippen LogP contribution in [0.4, 0.5) is 0 Å². The van der Waals surface area contributed by atoms with E-state index in [1.54, 1.807) is 0 Å². The van der Waals surface area contributed by atoms with Crippen LogP contribution in [0.15, 0.2) is 121 Å². The van der Waals surface area contributed by atoms with Crippen molar-refractivity contribution in [2.75, 3.05) is 0 Å². The van der Waals surface area contributed by atoms with Crippen molar-refractivity contribution in [2.24, 2.45) is 0 Å². The minimum atomic E-state index is 0.767. The Balaban J connectivity index is 1.26. The van der Waals surface area contributed by atoms with Crippen LogP contribution in [-0.4, -0.2) is 9.97 Å². The fourth-order valence-electron chi connectivity index (χ4n) is 6.07. The molecule has 8 rings (SSSR count). The Morgan fingerprint density at radius 3 is 1.53 bits per heavy atom. The Bertz CT molecular complexity index is 1750. The smallest absolute Gasteiger partial charge is 0.160 e. The van der Waals surface area contributed by atoms with Gasteiger partial charge in [-0.2, -0.15) is 0 Å². The molecule has 0 saturated heterocycles. The third kappa shape index (κ3) is 3.42. The van der Waals surface area contributed by atoms with E-state index in [0.29, 0.717) is 0 Å². The summed E-state index contributed by atoms with van der Waals surface area (Å²) in [5.41, 5.74) is 16.0. The summed E-state index contributed by atoms with van der Waals surface area (Å²) in [7, 11) is 0. The van der Waals surface area contributed by atoms with Gasteiger partial charge in [-0.15, -0.1) is 0 Å². The van der Waals surface area contributed by atoms with Gasteiger partial charge in [0, 0.05) is 16.7 Å². The van der Waals surface area contributed by atoms with Gasteiger partial charge in [-0.1, -0.05) is 103 Å². The maximum Gasteiger partial charge on any atom is 0.160 e. The zero-order valence-electron chi connectivity index (χ0n) is 20.9. The Labute approximate surface area is 222 Å². The first-order chi connectivity index (χ1) is 18.8. The first-order valence-electron chi connectivity index (χ1n) is 13.2. The molecule has 0 amide bonds. The summed E-state index contributed by atoms with van der Waals surface area (Å²) in [6, 6.07) is 43.4. The summed E-state index contributed by atoms with van der Waals surface area (Å²) in [5, 5.41) is 0. The summed E-state index contributed by atoms with van der Waals surface area (Å²) in [4.78, 5) is 10.2. The summed E-state index contributed by atoms with van der Waals surface area (Å²) >= 11 is 0. The van der Waals surface area contributed by atoms with Crippen LogP contribution in [0.1, 0.15) is 22.3 Å². The first-order valence-corrected chi connectivity index (χ1v) is 13.2. The summed E-state index contributed by atoms with van der Waals surface area (Å²) in [6.07, 6.45) is 1.92. The van der Waals surface area contributed by atoms with Crippen molar-refractivity contribution in [3.8, 4) is 56.2 Å². The molecule has 0 spiro atoms. The molecule has 5 aromatic carbocycles. The lowest BCUT2D eigenvalue weighted by atomic mass is 10.00. The van der Waals surface area contributed by atoms with Crippen LogP contribution in [-0.2, 0) is 12.8 Å². The van der Waals surface area contributed by atoms with Crippen molar-refractivity contribution in [3.63, 3.8) is 0 Å². The van der Waals surface area contributed by atoms with Gasteiger partial charge in [0.15, 0.2) is 5.82 Å². The molecule has 2 aliphatic rings. The van der Waals surface area contributed by atoms with Crippen LogP contribution in [0.5, 0.6) is 0 Å². The Kier molecular flexibility index (Phi) is 4.68. The van der Waals surface area contributed by atoms with Gasteiger partial charge in [0.1, 0.15) is 0 Å². The molecule has 0 fully saturated rings. The Morgan fingerprint density at radius 1 is 0.368 bits per heavy atom. The standard InChI is InChI=1S/C36H24N2/c1-2-8-23(9-3-1)34-22-35(26-14-16-32-28(20-26)18-24-10-4-6-12-30(24)32)38-36(37-34)27-15-17-33-29(21-27)19-25-11-5-7-13-31(25)33/h1-17,20-22H,18-19H2. The van der Waals surface area contributed by atoms with E-state index in [1.807, 2.05) is 6.07 Å². The molecule has 0 radical (unpaired) electrons.